The van der Waals surface area contributed by atoms with Gasteiger partial charge in [0.15, 0.2) is 0 Å². The summed E-state index contributed by atoms with van der Waals surface area (Å²) in [4.78, 5) is 25.1. The lowest BCUT2D eigenvalue weighted by Crippen LogP contribution is -2.68. The third kappa shape index (κ3) is 2.07. The minimum Gasteiger partial charge on any atom is -0.469 e. The van der Waals surface area contributed by atoms with Gasteiger partial charge in [0.05, 0.1) is 23.7 Å². The molecule has 0 amide bonds. The summed E-state index contributed by atoms with van der Waals surface area (Å²) < 4.78 is 11.2. The first-order valence-electron chi connectivity index (χ1n) is 9.85. The smallest absolute Gasteiger partial charge is 0.336 e. The lowest BCUT2D eigenvalue weighted by Gasteiger charge is -2.66. The van der Waals surface area contributed by atoms with Crippen molar-refractivity contribution >= 4 is 11.9 Å². The number of carbonyl (C=O) groups is 2. The maximum Gasteiger partial charge on any atom is 0.336 e. The minimum atomic E-state index is -1.13. The average molecular weight is 362 g/mol. The average Bonchev–Trinajstić information content (AvgIpc) is 2.58. The highest BCUT2D eigenvalue weighted by Gasteiger charge is 2.68. The van der Waals surface area contributed by atoms with Crippen molar-refractivity contribution in [3.05, 3.63) is 12.2 Å². The molecule has 3 saturated carbocycles. The largest absolute Gasteiger partial charge is 0.469 e. The summed E-state index contributed by atoms with van der Waals surface area (Å²) in [5.74, 6) is -0.194. The number of rotatable bonds is 1. The third-order valence-electron chi connectivity index (χ3n) is 8.46. The van der Waals surface area contributed by atoms with E-state index in [1.165, 1.54) is 7.11 Å². The van der Waals surface area contributed by atoms with Gasteiger partial charge in [-0.25, -0.2) is 4.79 Å². The van der Waals surface area contributed by atoms with Gasteiger partial charge in [0.1, 0.15) is 5.60 Å². The van der Waals surface area contributed by atoms with E-state index in [0.717, 1.165) is 32.1 Å². The summed E-state index contributed by atoms with van der Waals surface area (Å²) in [6.45, 7) is 8.11. The predicted molar refractivity (Wildman–Crippen MR) is 95.1 cm³/mol. The van der Waals surface area contributed by atoms with Crippen molar-refractivity contribution in [1.82, 2.24) is 0 Å². The van der Waals surface area contributed by atoms with E-state index in [9.17, 15) is 14.7 Å². The zero-order chi connectivity index (χ0) is 19.0. The summed E-state index contributed by atoms with van der Waals surface area (Å²) >= 11 is 0. The Labute approximate surface area is 155 Å². The van der Waals surface area contributed by atoms with Gasteiger partial charge < -0.3 is 14.6 Å². The Morgan fingerprint density at radius 2 is 1.88 bits per heavy atom. The first kappa shape index (κ1) is 18.0. The molecule has 144 valence electrons. The van der Waals surface area contributed by atoms with E-state index in [1.54, 1.807) is 0 Å². The van der Waals surface area contributed by atoms with Crippen LogP contribution >= 0.6 is 0 Å². The van der Waals surface area contributed by atoms with Crippen molar-refractivity contribution in [2.75, 3.05) is 7.11 Å². The van der Waals surface area contributed by atoms with Crippen molar-refractivity contribution in [2.45, 2.75) is 76.4 Å². The van der Waals surface area contributed by atoms with Crippen LogP contribution in [0.4, 0.5) is 0 Å². The monoisotopic (exact) mass is 362 g/mol. The Kier molecular flexibility index (Phi) is 3.70. The van der Waals surface area contributed by atoms with Crippen LogP contribution in [-0.2, 0) is 19.1 Å². The van der Waals surface area contributed by atoms with Crippen LogP contribution in [0.2, 0.25) is 0 Å². The number of aliphatic hydroxyl groups is 1. The molecule has 1 saturated heterocycles. The SMILES string of the molecule is C=C1C(=O)O[C@@]23CC[C@H]4[C@@](C)(CCC[C@@]4(C)C(=O)OC)[C@@H]2CC[C@]1(O)C3. The fraction of sp³-hybridized carbons (Fsp3) is 0.810. The van der Waals surface area contributed by atoms with Gasteiger partial charge in [-0.1, -0.05) is 19.9 Å². The summed E-state index contributed by atoms with van der Waals surface area (Å²) in [5.41, 5.74) is -2.13. The number of fused-ring (bicyclic) bond motifs is 3. The Morgan fingerprint density at radius 1 is 1.19 bits per heavy atom. The summed E-state index contributed by atoms with van der Waals surface area (Å²) in [7, 11) is 1.47. The molecule has 5 nitrogen and oxygen atoms in total. The highest BCUT2D eigenvalue weighted by Crippen LogP contribution is 2.68. The van der Waals surface area contributed by atoms with E-state index < -0.39 is 22.6 Å². The lowest BCUT2D eigenvalue weighted by molar-refractivity contribution is -0.248. The van der Waals surface area contributed by atoms with Gasteiger partial charge in [0.2, 0.25) is 0 Å². The van der Waals surface area contributed by atoms with E-state index in [0.29, 0.717) is 19.3 Å². The molecule has 4 rings (SSSR count). The van der Waals surface area contributed by atoms with E-state index in [4.69, 9.17) is 9.47 Å². The second kappa shape index (κ2) is 5.34. The van der Waals surface area contributed by atoms with Crippen molar-refractivity contribution in [3.8, 4) is 0 Å². The molecule has 1 N–H and O–H groups in total. The quantitative estimate of drug-likeness (QED) is 0.573. The van der Waals surface area contributed by atoms with Crippen LogP contribution in [0.5, 0.6) is 0 Å². The molecule has 1 aliphatic heterocycles. The molecule has 4 aliphatic rings. The number of carbonyl (C=O) groups excluding carboxylic acids is 2. The Bertz CT molecular complexity index is 686. The molecule has 1 spiro atoms. The first-order chi connectivity index (χ1) is 12.1. The van der Waals surface area contributed by atoms with E-state index in [-0.39, 0.29) is 28.8 Å². The predicted octanol–water partition coefficient (Wildman–Crippen LogP) is 3.15. The third-order valence-corrected chi connectivity index (χ3v) is 8.46. The summed E-state index contributed by atoms with van der Waals surface area (Å²) in [5, 5.41) is 11.0. The van der Waals surface area contributed by atoms with Crippen LogP contribution in [0.25, 0.3) is 0 Å². The summed E-state index contributed by atoms with van der Waals surface area (Å²) in [6, 6.07) is 0. The van der Waals surface area contributed by atoms with Crippen LogP contribution in [-0.4, -0.2) is 35.4 Å². The molecule has 1 heterocycles. The van der Waals surface area contributed by atoms with Crippen LogP contribution in [0, 0.1) is 22.7 Å². The molecule has 0 unspecified atom stereocenters. The lowest BCUT2D eigenvalue weighted by atomic mass is 9.42. The zero-order valence-electron chi connectivity index (χ0n) is 16.1. The number of hydrogen-bond donors (Lipinski definition) is 1. The number of esters is 2. The van der Waals surface area contributed by atoms with Crippen molar-refractivity contribution < 1.29 is 24.2 Å². The minimum absolute atomic E-state index is 0.0975. The van der Waals surface area contributed by atoms with E-state index in [2.05, 4.69) is 13.5 Å². The van der Waals surface area contributed by atoms with Gasteiger partial charge in [0, 0.05) is 12.3 Å². The van der Waals surface area contributed by atoms with Gasteiger partial charge >= 0.3 is 11.9 Å². The molecular formula is C21H30O5. The maximum atomic E-state index is 12.6. The van der Waals surface area contributed by atoms with Crippen molar-refractivity contribution in [1.29, 1.82) is 0 Å². The van der Waals surface area contributed by atoms with E-state index >= 15 is 0 Å². The highest BCUT2D eigenvalue weighted by atomic mass is 16.6. The molecule has 2 bridgehead atoms. The van der Waals surface area contributed by atoms with Crippen LogP contribution < -0.4 is 0 Å². The van der Waals surface area contributed by atoms with Gasteiger partial charge in [-0.2, -0.15) is 0 Å². The summed E-state index contributed by atoms with van der Waals surface area (Å²) in [6.07, 6.45) is 6.15. The molecule has 3 aliphatic carbocycles. The molecule has 5 heteroatoms. The molecule has 0 aromatic heterocycles. The van der Waals surface area contributed by atoms with Gasteiger partial charge in [-0.3, -0.25) is 4.79 Å². The topological polar surface area (TPSA) is 72.8 Å². The van der Waals surface area contributed by atoms with E-state index in [1.807, 2.05) is 6.92 Å². The molecule has 0 aromatic rings. The van der Waals surface area contributed by atoms with Crippen molar-refractivity contribution in [2.24, 2.45) is 22.7 Å². The van der Waals surface area contributed by atoms with Crippen molar-refractivity contribution in [3.63, 3.8) is 0 Å². The van der Waals surface area contributed by atoms with Crippen LogP contribution in [0.1, 0.15) is 65.2 Å². The van der Waals surface area contributed by atoms with Gasteiger partial charge in [-0.05, 0) is 56.8 Å². The molecule has 4 fully saturated rings. The Morgan fingerprint density at radius 3 is 2.58 bits per heavy atom. The molecule has 26 heavy (non-hydrogen) atoms. The number of methoxy groups -OCH3 is 1. The number of hydrogen-bond acceptors (Lipinski definition) is 5. The molecular weight excluding hydrogens is 332 g/mol. The van der Waals surface area contributed by atoms with Gasteiger partial charge in [0.25, 0.3) is 0 Å². The second-order valence-corrected chi connectivity index (χ2v) is 9.59. The maximum absolute atomic E-state index is 12.6. The number of ether oxygens (including phenoxy) is 2. The fourth-order valence-electron chi connectivity index (χ4n) is 7.24. The fourth-order valence-corrected chi connectivity index (χ4v) is 7.24. The normalized spacial score (nSPS) is 50.3. The Balaban J connectivity index is 1.75. The molecule has 0 radical (unpaired) electrons. The standard InChI is InChI=1S/C21H30O5/c1-13-16(22)26-21-11-7-14-18(2,15(21)6-10-20(13,24)12-21)8-5-9-19(14,3)17(23)25-4/h14-15,24H,1,5-12H2,2-4H3/t14-,15-,18+,19+,20-,21+/m0/s1. The Hall–Kier alpha value is -1.36. The highest BCUT2D eigenvalue weighted by molar-refractivity contribution is 5.91. The molecule has 6 atom stereocenters. The second-order valence-electron chi connectivity index (χ2n) is 9.59. The van der Waals surface area contributed by atoms with Crippen LogP contribution in [0.15, 0.2) is 12.2 Å². The molecule has 0 aromatic carbocycles. The first-order valence-corrected chi connectivity index (χ1v) is 9.85. The van der Waals surface area contributed by atoms with Crippen LogP contribution in [0.3, 0.4) is 0 Å². The zero-order valence-corrected chi connectivity index (χ0v) is 16.1. The van der Waals surface area contributed by atoms with Gasteiger partial charge in [-0.15, -0.1) is 0 Å².